The van der Waals surface area contributed by atoms with Crippen LogP contribution >= 0.6 is 0 Å². The van der Waals surface area contributed by atoms with E-state index in [9.17, 15) is 4.79 Å². The minimum Gasteiger partial charge on any atom is -0.303 e. The van der Waals surface area contributed by atoms with Gasteiger partial charge in [0.25, 0.3) is 0 Å². The number of hydrogen-bond donors (Lipinski definition) is 0. The third-order valence-corrected chi connectivity index (χ3v) is 4.04. The lowest BCUT2D eigenvalue weighted by Gasteiger charge is -2.06. The van der Waals surface area contributed by atoms with Crippen LogP contribution in [0.25, 0.3) is 32.3 Å². The molecule has 4 aromatic rings. The summed E-state index contributed by atoms with van der Waals surface area (Å²) in [6.45, 7) is 0. The van der Waals surface area contributed by atoms with E-state index in [0.29, 0.717) is 6.42 Å². The Bertz CT molecular complexity index is 983. The van der Waals surface area contributed by atoms with Crippen LogP contribution < -0.4 is 0 Å². The summed E-state index contributed by atoms with van der Waals surface area (Å²) >= 11 is 0. The summed E-state index contributed by atoms with van der Waals surface area (Å²) in [7, 11) is 0. The first-order chi connectivity index (χ1) is 10.3. The van der Waals surface area contributed by atoms with Crippen LogP contribution in [0.1, 0.15) is 5.56 Å². The molecule has 0 fully saturated rings. The second kappa shape index (κ2) is 4.71. The summed E-state index contributed by atoms with van der Waals surface area (Å²) in [6.07, 6.45) is 1.43. The van der Waals surface area contributed by atoms with Crippen LogP contribution in [0.15, 0.2) is 66.7 Å². The Labute approximate surface area is 122 Å². The van der Waals surface area contributed by atoms with Crippen molar-refractivity contribution in [1.82, 2.24) is 0 Å². The molecule has 0 amide bonds. The van der Waals surface area contributed by atoms with Crippen molar-refractivity contribution in [2.24, 2.45) is 0 Å². The van der Waals surface area contributed by atoms with Gasteiger partial charge in [0.2, 0.25) is 0 Å². The number of rotatable bonds is 2. The highest BCUT2D eigenvalue weighted by Gasteiger charge is 2.02. The Balaban J connectivity index is 2.03. The van der Waals surface area contributed by atoms with Crippen molar-refractivity contribution in [3.05, 3.63) is 72.3 Å². The predicted molar refractivity (Wildman–Crippen MR) is 88.7 cm³/mol. The van der Waals surface area contributed by atoms with Gasteiger partial charge in [-0.2, -0.15) is 0 Å². The van der Waals surface area contributed by atoms with Gasteiger partial charge in [-0.3, -0.25) is 0 Å². The van der Waals surface area contributed by atoms with Gasteiger partial charge in [0.05, 0.1) is 0 Å². The molecule has 0 aliphatic rings. The molecule has 0 saturated heterocycles. The van der Waals surface area contributed by atoms with Crippen LogP contribution in [0.3, 0.4) is 0 Å². The second-order valence-corrected chi connectivity index (χ2v) is 5.45. The van der Waals surface area contributed by atoms with Crippen molar-refractivity contribution in [1.29, 1.82) is 0 Å². The molecule has 0 aromatic heterocycles. The molecule has 1 heteroatoms. The summed E-state index contributed by atoms with van der Waals surface area (Å²) in [6, 6.07) is 23.6. The molecule has 0 saturated carbocycles. The van der Waals surface area contributed by atoms with Gasteiger partial charge >= 0.3 is 0 Å². The molecule has 4 aromatic carbocycles. The van der Waals surface area contributed by atoms with Crippen molar-refractivity contribution < 1.29 is 4.79 Å². The highest BCUT2D eigenvalue weighted by molar-refractivity contribution is 6.04. The fourth-order valence-electron chi connectivity index (χ4n) is 2.96. The number of carbonyl (C=O) groups is 1. The first-order valence-electron chi connectivity index (χ1n) is 7.12. The Morgan fingerprint density at radius 1 is 0.619 bits per heavy atom. The topological polar surface area (TPSA) is 17.1 Å². The smallest absolute Gasteiger partial charge is 0.124 e. The van der Waals surface area contributed by atoms with Crippen LogP contribution in [0, 0.1) is 0 Å². The molecular formula is C20H14O. The van der Waals surface area contributed by atoms with Crippen molar-refractivity contribution >= 4 is 38.6 Å². The Hall–Kier alpha value is -2.67. The zero-order valence-corrected chi connectivity index (χ0v) is 11.5. The van der Waals surface area contributed by atoms with Crippen molar-refractivity contribution in [2.75, 3.05) is 0 Å². The quantitative estimate of drug-likeness (QED) is 0.374. The van der Waals surface area contributed by atoms with E-state index in [1.54, 1.807) is 0 Å². The first-order valence-corrected chi connectivity index (χ1v) is 7.12. The lowest BCUT2D eigenvalue weighted by Crippen LogP contribution is -1.86. The molecule has 0 radical (unpaired) electrons. The maximum absolute atomic E-state index is 10.7. The molecule has 0 atom stereocenters. The third-order valence-electron chi connectivity index (χ3n) is 4.04. The predicted octanol–water partition coefficient (Wildman–Crippen LogP) is 4.89. The molecule has 0 unspecified atom stereocenters. The average Bonchev–Trinajstić information content (AvgIpc) is 2.51. The number of hydrogen-bond acceptors (Lipinski definition) is 1. The molecule has 0 bridgehead atoms. The molecule has 100 valence electrons. The SMILES string of the molecule is O=CCc1ccc2cc3cc4ccccc4cc3cc2c1. The number of benzene rings is 4. The Kier molecular flexibility index (Phi) is 2.71. The van der Waals surface area contributed by atoms with Crippen LogP contribution in [0.2, 0.25) is 0 Å². The number of fused-ring (bicyclic) bond motifs is 3. The van der Waals surface area contributed by atoms with Crippen molar-refractivity contribution in [3.63, 3.8) is 0 Å². The van der Waals surface area contributed by atoms with E-state index in [1.165, 1.54) is 32.3 Å². The van der Waals surface area contributed by atoms with E-state index in [2.05, 4.69) is 60.7 Å². The molecule has 0 N–H and O–H groups in total. The molecular weight excluding hydrogens is 256 g/mol. The van der Waals surface area contributed by atoms with Gasteiger partial charge in [0.1, 0.15) is 6.29 Å². The summed E-state index contributed by atoms with van der Waals surface area (Å²) in [5.41, 5.74) is 1.07. The first kappa shape index (κ1) is 12.1. The molecule has 21 heavy (non-hydrogen) atoms. The lowest BCUT2D eigenvalue weighted by molar-refractivity contribution is -0.107. The molecule has 0 aliphatic carbocycles. The second-order valence-electron chi connectivity index (χ2n) is 5.45. The van der Waals surface area contributed by atoms with Crippen LogP contribution in [-0.4, -0.2) is 6.29 Å². The highest BCUT2D eigenvalue weighted by Crippen LogP contribution is 2.27. The standard InChI is InChI=1S/C20H14O/c21-8-7-14-5-6-17-12-19-10-15-3-1-2-4-16(15)11-20(19)13-18(17)9-14/h1-6,8-13H,7H2. The van der Waals surface area contributed by atoms with Crippen LogP contribution in [-0.2, 0) is 11.2 Å². The third kappa shape index (κ3) is 2.07. The van der Waals surface area contributed by atoms with Gasteiger partial charge in [0, 0.05) is 6.42 Å². The van der Waals surface area contributed by atoms with Crippen molar-refractivity contribution in [2.45, 2.75) is 6.42 Å². The maximum Gasteiger partial charge on any atom is 0.124 e. The van der Waals surface area contributed by atoms with Gasteiger partial charge in [-0.1, -0.05) is 42.5 Å². The summed E-state index contributed by atoms with van der Waals surface area (Å²) in [5.74, 6) is 0. The summed E-state index contributed by atoms with van der Waals surface area (Å²) < 4.78 is 0. The molecule has 0 spiro atoms. The average molecular weight is 270 g/mol. The van der Waals surface area contributed by atoms with E-state index < -0.39 is 0 Å². The van der Waals surface area contributed by atoms with E-state index in [1.807, 2.05) is 6.07 Å². The zero-order chi connectivity index (χ0) is 14.2. The van der Waals surface area contributed by atoms with E-state index in [4.69, 9.17) is 0 Å². The highest BCUT2D eigenvalue weighted by atomic mass is 16.1. The molecule has 0 aliphatic heterocycles. The van der Waals surface area contributed by atoms with Crippen LogP contribution in [0.4, 0.5) is 0 Å². The monoisotopic (exact) mass is 270 g/mol. The molecule has 4 rings (SSSR count). The summed E-state index contributed by atoms with van der Waals surface area (Å²) in [4.78, 5) is 10.7. The lowest BCUT2D eigenvalue weighted by atomic mass is 9.98. The van der Waals surface area contributed by atoms with Gasteiger partial charge in [-0.05, 0) is 62.1 Å². The van der Waals surface area contributed by atoms with Crippen molar-refractivity contribution in [3.8, 4) is 0 Å². The Morgan fingerprint density at radius 3 is 1.76 bits per heavy atom. The van der Waals surface area contributed by atoms with Gasteiger partial charge in [0.15, 0.2) is 0 Å². The maximum atomic E-state index is 10.7. The fraction of sp³-hybridized carbons (Fsp3) is 0.0500. The number of carbonyl (C=O) groups excluding carboxylic acids is 1. The minimum atomic E-state index is 0.478. The largest absolute Gasteiger partial charge is 0.303 e. The summed E-state index contributed by atoms with van der Waals surface area (Å²) in [5, 5.41) is 7.42. The minimum absolute atomic E-state index is 0.478. The van der Waals surface area contributed by atoms with Gasteiger partial charge in [-0.15, -0.1) is 0 Å². The van der Waals surface area contributed by atoms with Crippen LogP contribution in [0.5, 0.6) is 0 Å². The van der Waals surface area contributed by atoms with E-state index >= 15 is 0 Å². The van der Waals surface area contributed by atoms with E-state index in [-0.39, 0.29) is 0 Å². The molecule has 0 heterocycles. The zero-order valence-electron chi connectivity index (χ0n) is 11.5. The fourth-order valence-corrected chi connectivity index (χ4v) is 2.96. The Morgan fingerprint density at radius 2 is 1.14 bits per heavy atom. The van der Waals surface area contributed by atoms with E-state index in [0.717, 1.165) is 11.8 Å². The molecule has 1 nitrogen and oxygen atoms in total. The van der Waals surface area contributed by atoms with Gasteiger partial charge in [-0.25, -0.2) is 0 Å². The normalized spacial score (nSPS) is 11.2. The number of aldehydes is 1. The van der Waals surface area contributed by atoms with Gasteiger partial charge < -0.3 is 4.79 Å².